The number of hydrogen-bond donors (Lipinski definition) is 3. The maximum absolute atomic E-state index is 11.6. The first-order valence-corrected chi connectivity index (χ1v) is 6.69. The van der Waals surface area contributed by atoms with Crippen LogP contribution in [-0.4, -0.2) is 21.9 Å². The molecule has 1 saturated carbocycles. The van der Waals surface area contributed by atoms with E-state index in [9.17, 15) is 4.79 Å². The first-order valence-electron chi connectivity index (χ1n) is 6.69. The van der Waals surface area contributed by atoms with Crippen LogP contribution in [0.25, 0.3) is 11.0 Å². The van der Waals surface area contributed by atoms with E-state index in [-0.39, 0.29) is 30.7 Å². The lowest BCUT2D eigenvalue weighted by molar-refractivity contribution is -0.117. The number of anilines is 1. The number of nitrogens with two attached hydrogens (primary N) is 1. The number of hydrogen-bond acceptors (Lipinski definition) is 3. The maximum Gasteiger partial charge on any atom is 0.240 e. The van der Waals surface area contributed by atoms with Crippen molar-refractivity contribution in [3.05, 3.63) is 24.0 Å². The Kier molecular flexibility index (Phi) is 6.01. The summed E-state index contributed by atoms with van der Waals surface area (Å²) in [5, 5.41) is 2.79. The maximum atomic E-state index is 11.6. The number of benzene rings is 1. The third-order valence-electron chi connectivity index (χ3n) is 3.67. The number of carbonyl (C=O) groups is 1. The van der Waals surface area contributed by atoms with Crippen molar-refractivity contribution in [3.8, 4) is 0 Å². The Morgan fingerprint density at radius 2 is 2.14 bits per heavy atom. The minimum atomic E-state index is -0.511. The second kappa shape index (κ2) is 7.11. The Hall–Kier alpha value is -1.30. The molecule has 0 spiro atoms. The SMILES string of the molecule is C[C@@H](N)C(=O)Nc1ccc2nc(C3CCC3)[nH]c2c1.Cl.Cl. The smallest absolute Gasteiger partial charge is 0.240 e. The molecule has 1 amide bonds. The van der Waals surface area contributed by atoms with Crippen LogP contribution in [-0.2, 0) is 4.79 Å². The van der Waals surface area contributed by atoms with Crippen LogP contribution < -0.4 is 11.1 Å². The molecule has 1 aromatic heterocycles. The number of aromatic amines is 1. The molecule has 7 heteroatoms. The summed E-state index contributed by atoms with van der Waals surface area (Å²) in [5.41, 5.74) is 8.19. The van der Waals surface area contributed by atoms with Crippen LogP contribution >= 0.6 is 24.8 Å². The van der Waals surface area contributed by atoms with Gasteiger partial charge in [-0.25, -0.2) is 4.98 Å². The third-order valence-corrected chi connectivity index (χ3v) is 3.67. The second-order valence-corrected chi connectivity index (χ2v) is 5.26. The number of aromatic nitrogens is 2. The number of fused-ring (bicyclic) bond motifs is 1. The van der Waals surface area contributed by atoms with E-state index in [1.165, 1.54) is 19.3 Å². The Balaban J connectivity index is 0.00000110. The number of H-pyrrole nitrogens is 1. The highest BCUT2D eigenvalue weighted by Crippen LogP contribution is 2.35. The molecule has 1 atom stereocenters. The number of amides is 1. The Morgan fingerprint density at radius 3 is 2.71 bits per heavy atom. The average molecular weight is 331 g/mol. The number of halogens is 2. The predicted octanol–water partition coefficient (Wildman–Crippen LogP) is 2.96. The van der Waals surface area contributed by atoms with Crippen molar-refractivity contribution in [2.24, 2.45) is 5.73 Å². The van der Waals surface area contributed by atoms with Gasteiger partial charge in [0.15, 0.2) is 0 Å². The van der Waals surface area contributed by atoms with E-state index >= 15 is 0 Å². The number of nitrogens with zero attached hydrogens (tertiary/aromatic N) is 1. The third kappa shape index (κ3) is 3.67. The topological polar surface area (TPSA) is 83.8 Å². The highest BCUT2D eigenvalue weighted by Gasteiger charge is 2.22. The fourth-order valence-corrected chi connectivity index (χ4v) is 2.24. The van der Waals surface area contributed by atoms with Crippen LogP contribution in [0.5, 0.6) is 0 Å². The molecule has 1 aliphatic rings. The van der Waals surface area contributed by atoms with Gasteiger partial charge in [-0.15, -0.1) is 24.8 Å². The van der Waals surface area contributed by atoms with Gasteiger partial charge in [0, 0.05) is 11.6 Å². The minimum absolute atomic E-state index is 0. The van der Waals surface area contributed by atoms with Crippen LogP contribution in [0.3, 0.4) is 0 Å². The predicted molar refractivity (Wildman–Crippen MR) is 89.5 cm³/mol. The molecule has 0 radical (unpaired) electrons. The molecule has 3 rings (SSSR count). The molecule has 4 N–H and O–H groups in total. The molecular weight excluding hydrogens is 311 g/mol. The summed E-state index contributed by atoms with van der Waals surface area (Å²) in [4.78, 5) is 19.5. The van der Waals surface area contributed by atoms with Crippen molar-refractivity contribution in [1.29, 1.82) is 0 Å². The molecule has 5 nitrogen and oxygen atoms in total. The zero-order chi connectivity index (χ0) is 13.4. The van der Waals surface area contributed by atoms with Gasteiger partial charge in [-0.05, 0) is 38.0 Å². The fraction of sp³-hybridized carbons (Fsp3) is 0.429. The monoisotopic (exact) mass is 330 g/mol. The van der Waals surface area contributed by atoms with Crippen LogP contribution in [0.15, 0.2) is 18.2 Å². The van der Waals surface area contributed by atoms with Crippen LogP contribution in [0, 0.1) is 0 Å². The van der Waals surface area contributed by atoms with Gasteiger partial charge in [-0.3, -0.25) is 4.79 Å². The van der Waals surface area contributed by atoms with Gasteiger partial charge in [0.05, 0.1) is 17.1 Å². The minimum Gasteiger partial charge on any atom is -0.342 e. The molecule has 1 fully saturated rings. The Labute approximate surface area is 135 Å². The average Bonchev–Trinajstić information content (AvgIpc) is 2.68. The Bertz CT molecular complexity index is 622. The number of carbonyl (C=O) groups excluding carboxylic acids is 1. The van der Waals surface area contributed by atoms with Crippen LogP contribution in [0.4, 0.5) is 5.69 Å². The molecule has 0 bridgehead atoms. The van der Waals surface area contributed by atoms with Crippen molar-refractivity contribution in [3.63, 3.8) is 0 Å². The number of rotatable bonds is 3. The molecule has 2 aromatic rings. The number of nitrogens with one attached hydrogen (secondary N) is 2. The summed E-state index contributed by atoms with van der Waals surface area (Å²) in [6, 6.07) is 5.17. The molecule has 1 heterocycles. The van der Waals surface area contributed by atoms with Crippen molar-refractivity contribution in [2.75, 3.05) is 5.32 Å². The van der Waals surface area contributed by atoms with Gasteiger partial charge in [0.2, 0.25) is 5.91 Å². The quantitative estimate of drug-likeness (QED) is 0.808. The molecule has 0 aliphatic heterocycles. The van der Waals surface area contributed by atoms with E-state index in [4.69, 9.17) is 5.73 Å². The van der Waals surface area contributed by atoms with Gasteiger partial charge in [-0.1, -0.05) is 6.42 Å². The molecule has 21 heavy (non-hydrogen) atoms. The lowest BCUT2D eigenvalue weighted by Crippen LogP contribution is -2.32. The van der Waals surface area contributed by atoms with Crippen molar-refractivity contribution in [1.82, 2.24) is 9.97 Å². The lowest BCUT2D eigenvalue weighted by Gasteiger charge is -2.22. The summed E-state index contributed by atoms with van der Waals surface area (Å²) < 4.78 is 0. The van der Waals surface area contributed by atoms with Crippen LogP contribution in [0.1, 0.15) is 37.9 Å². The van der Waals surface area contributed by atoms with E-state index in [0.29, 0.717) is 5.92 Å². The fourth-order valence-electron chi connectivity index (χ4n) is 2.24. The van der Waals surface area contributed by atoms with Crippen molar-refractivity contribution < 1.29 is 4.79 Å². The molecule has 0 unspecified atom stereocenters. The van der Waals surface area contributed by atoms with E-state index in [0.717, 1.165) is 22.5 Å². The van der Waals surface area contributed by atoms with E-state index in [2.05, 4.69) is 15.3 Å². The van der Waals surface area contributed by atoms with E-state index < -0.39 is 6.04 Å². The molecule has 0 saturated heterocycles. The van der Waals surface area contributed by atoms with E-state index in [1.807, 2.05) is 18.2 Å². The number of imidazole rings is 1. The molecule has 116 valence electrons. The molecular formula is C14H20Cl2N4O. The standard InChI is InChI=1S/C14H18N4O.2ClH/c1-8(15)14(19)16-10-5-6-11-12(7-10)18-13(17-11)9-3-2-4-9;;/h5-9H,2-4,15H2,1H3,(H,16,19)(H,17,18);2*1H/t8-;;/m1../s1. The normalized spacial score (nSPS) is 15.5. The largest absolute Gasteiger partial charge is 0.342 e. The van der Waals surface area contributed by atoms with Gasteiger partial charge in [0.25, 0.3) is 0 Å². The van der Waals surface area contributed by atoms with Gasteiger partial charge in [-0.2, -0.15) is 0 Å². The van der Waals surface area contributed by atoms with Gasteiger partial charge >= 0.3 is 0 Å². The summed E-state index contributed by atoms with van der Waals surface area (Å²) in [5.74, 6) is 1.46. The summed E-state index contributed by atoms with van der Waals surface area (Å²) >= 11 is 0. The van der Waals surface area contributed by atoms with Crippen molar-refractivity contribution in [2.45, 2.75) is 38.1 Å². The molecule has 1 aliphatic carbocycles. The first-order chi connectivity index (χ1) is 9.13. The van der Waals surface area contributed by atoms with Gasteiger partial charge < -0.3 is 16.0 Å². The highest BCUT2D eigenvalue weighted by atomic mass is 35.5. The zero-order valence-corrected chi connectivity index (χ0v) is 13.4. The second-order valence-electron chi connectivity index (χ2n) is 5.26. The summed E-state index contributed by atoms with van der Waals surface area (Å²) in [6.07, 6.45) is 3.72. The van der Waals surface area contributed by atoms with E-state index in [1.54, 1.807) is 6.92 Å². The summed E-state index contributed by atoms with van der Waals surface area (Å²) in [6.45, 7) is 1.67. The van der Waals surface area contributed by atoms with Crippen LogP contribution in [0.2, 0.25) is 0 Å². The zero-order valence-electron chi connectivity index (χ0n) is 11.8. The summed E-state index contributed by atoms with van der Waals surface area (Å²) in [7, 11) is 0. The molecule has 1 aromatic carbocycles. The lowest BCUT2D eigenvalue weighted by atomic mass is 9.85. The Morgan fingerprint density at radius 1 is 1.43 bits per heavy atom. The van der Waals surface area contributed by atoms with Crippen molar-refractivity contribution >= 4 is 47.4 Å². The van der Waals surface area contributed by atoms with Gasteiger partial charge in [0.1, 0.15) is 5.82 Å². The first kappa shape index (κ1) is 17.8. The highest BCUT2D eigenvalue weighted by molar-refractivity contribution is 5.96.